The van der Waals surface area contributed by atoms with Gasteiger partial charge >= 0.3 is 6.18 Å². The van der Waals surface area contributed by atoms with Crippen LogP contribution in [0.4, 0.5) is 33.6 Å². The van der Waals surface area contributed by atoms with Crippen LogP contribution >= 0.6 is 0 Å². The Morgan fingerprint density at radius 2 is 1.44 bits per heavy atom. The molecule has 1 aliphatic carbocycles. The monoisotopic (exact) mass is 849 g/mol. The topological polar surface area (TPSA) is 221 Å². The normalized spacial score (nSPS) is 13.2. The average molecular weight is 850 g/mol. The molecule has 0 atom stereocenters. The molecule has 304 valence electrons. The third kappa shape index (κ3) is 9.01. The predicted molar refractivity (Wildman–Crippen MR) is 208 cm³/mol. The van der Waals surface area contributed by atoms with E-state index in [9.17, 15) is 44.0 Å². The number of nitrogen functional groups attached to an aromatic ring is 2. The van der Waals surface area contributed by atoms with Gasteiger partial charge < -0.3 is 11.5 Å². The van der Waals surface area contributed by atoms with Crippen molar-refractivity contribution in [3.63, 3.8) is 0 Å². The Hall–Kier alpha value is -6.43. The summed E-state index contributed by atoms with van der Waals surface area (Å²) in [6.45, 7) is 1.41. The molecule has 0 amide bonds. The predicted octanol–water partition coefficient (Wildman–Crippen LogP) is 6.97. The molecule has 20 heteroatoms. The van der Waals surface area contributed by atoms with E-state index < -0.39 is 53.4 Å². The summed E-state index contributed by atoms with van der Waals surface area (Å²) in [6.07, 6.45) is 2.74. The fourth-order valence-corrected chi connectivity index (χ4v) is 9.29. The lowest BCUT2D eigenvalue weighted by atomic mass is 10.00. The summed E-state index contributed by atoms with van der Waals surface area (Å²) in [5, 5.41) is 8.81. The first kappa shape index (κ1) is 42.2. The van der Waals surface area contributed by atoms with E-state index in [0.717, 1.165) is 24.8 Å². The van der Waals surface area contributed by atoms with Crippen molar-refractivity contribution in [2.75, 3.05) is 18.0 Å². The fraction of sp³-hybridized carbons (Fsp3) is 0.179. The molecule has 0 unspecified atom stereocenters. The van der Waals surface area contributed by atoms with Gasteiger partial charge in [-0.05, 0) is 72.5 Å². The van der Waals surface area contributed by atoms with E-state index >= 15 is 0 Å². The maximum atomic E-state index is 14.9. The van der Waals surface area contributed by atoms with E-state index in [1.807, 2.05) is 0 Å². The van der Waals surface area contributed by atoms with Crippen LogP contribution < -0.4 is 16.2 Å². The quantitative estimate of drug-likeness (QED) is 0.126. The van der Waals surface area contributed by atoms with Gasteiger partial charge in [-0.2, -0.15) is 18.4 Å². The zero-order valence-corrected chi connectivity index (χ0v) is 32.4. The summed E-state index contributed by atoms with van der Waals surface area (Å²) in [6, 6.07) is 15.2. The van der Waals surface area contributed by atoms with Crippen LogP contribution in [0.25, 0.3) is 44.8 Å². The summed E-state index contributed by atoms with van der Waals surface area (Å²) >= 11 is 0. The summed E-state index contributed by atoms with van der Waals surface area (Å²) in [5.74, 6) is -1.20. The van der Waals surface area contributed by atoms with Crippen molar-refractivity contribution in [1.29, 1.82) is 5.26 Å². The minimum Gasteiger partial charge on any atom is -0.382 e. The first-order chi connectivity index (χ1) is 27.9. The average Bonchev–Trinajstić information content (AvgIpc) is 3.17. The van der Waals surface area contributed by atoms with E-state index in [2.05, 4.69) is 29.6 Å². The molecular formula is C39H32F5N9O4S2. The smallest absolute Gasteiger partial charge is 0.382 e. The van der Waals surface area contributed by atoms with Crippen LogP contribution in [0.3, 0.4) is 0 Å². The Balaban J connectivity index is 0.000000201. The van der Waals surface area contributed by atoms with Gasteiger partial charge in [0.15, 0.2) is 20.6 Å². The van der Waals surface area contributed by atoms with Gasteiger partial charge in [-0.15, -0.1) is 0 Å². The number of anilines is 2. The van der Waals surface area contributed by atoms with Crippen molar-refractivity contribution < 1.29 is 38.8 Å². The highest BCUT2D eigenvalue weighted by Gasteiger charge is 2.36. The van der Waals surface area contributed by atoms with Crippen LogP contribution in [0.15, 0.2) is 101 Å². The molecule has 59 heavy (non-hydrogen) atoms. The minimum absolute atomic E-state index is 0.00845. The summed E-state index contributed by atoms with van der Waals surface area (Å²) in [5.41, 5.74) is 10.8. The molecule has 0 bridgehead atoms. The number of sulfonamides is 1. The summed E-state index contributed by atoms with van der Waals surface area (Å²) in [4.78, 5) is 19.2. The summed E-state index contributed by atoms with van der Waals surface area (Å²) in [7, 11) is -7.84. The van der Waals surface area contributed by atoms with E-state index in [0.29, 0.717) is 41.8 Å². The van der Waals surface area contributed by atoms with Crippen molar-refractivity contribution in [3.05, 3.63) is 114 Å². The number of halogens is 5. The van der Waals surface area contributed by atoms with Crippen LogP contribution in [0, 0.1) is 23.0 Å². The van der Waals surface area contributed by atoms with Gasteiger partial charge in [-0.3, -0.25) is 4.98 Å². The number of benzene rings is 3. The van der Waals surface area contributed by atoms with E-state index in [1.54, 1.807) is 30.3 Å². The first-order valence-corrected chi connectivity index (χ1v) is 20.6. The highest BCUT2D eigenvalue weighted by molar-refractivity contribution is 7.92. The van der Waals surface area contributed by atoms with Crippen molar-refractivity contribution in [2.45, 2.75) is 47.5 Å². The second-order valence-corrected chi connectivity index (χ2v) is 16.9. The van der Waals surface area contributed by atoms with Crippen LogP contribution in [0.1, 0.15) is 37.4 Å². The van der Waals surface area contributed by atoms with Gasteiger partial charge in [0.25, 0.3) is 0 Å². The molecule has 6 aromatic rings. The first-order valence-electron chi connectivity index (χ1n) is 17.5. The molecule has 5 N–H and O–H groups in total. The number of alkyl halides is 3. The molecule has 0 radical (unpaired) electrons. The van der Waals surface area contributed by atoms with Gasteiger partial charge in [0, 0.05) is 35.0 Å². The number of hydrogen-bond acceptors (Lipinski definition) is 12. The zero-order chi connectivity index (χ0) is 42.7. The van der Waals surface area contributed by atoms with Crippen LogP contribution in [-0.2, 0) is 26.0 Å². The number of hydrogen-bond donors (Lipinski definition) is 3. The van der Waals surface area contributed by atoms with E-state index in [-0.39, 0.29) is 56.8 Å². The number of nitrogens with two attached hydrogens (primary N) is 2. The van der Waals surface area contributed by atoms with Crippen molar-refractivity contribution >= 4 is 31.5 Å². The number of nitriles is 1. The molecule has 1 aliphatic rings. The zero-order valence-electron chi connectivity index (χ0n) is 30.7. The molecule has 0 saturated heterocycles. The second kappa shape index (κ2) is 16.8. The van der Waals surface area contributed by atoms with E-state index in [1.165, 1.54) is 43.7 Å². The maximum absolute atomic E-state index is 14.9. The lowest BCUT2D eigenvalue weighted by Gasteiger charge is -2.25. The number of rotatable bonds is 9. The fourth-order valence-electron chi connectivity index (χ4n) is 6.02. The molecular weight excluding hydrogens is 818 g/mol. The Morgan fingerprint density at radius 3 is 2.02 bits per heavy atom. The molecule has 7 rings (SSSR count). The molecule has 1 fully saturated rings. The molecule has 3 aromatic heterocycles. The molecule has 0 aliphatic heterocycles. The van der Waals surface area contributed by atoms with Crippen LogP contribution in [0.5, 0.6) is 0 Å². The lowest BCUT2D eigenvalue weighted by molar-refractivity contribution is -0.137. The Labute approximate surface area is 335 Å². The highest BCUT2D eigenvalue weighted by atomic mass is 32.2. The highest BCUT2D eigenvalue weighted by Crippen LogP contribution is 2.38. The molecule has 3 heterocycles. The maximum Gasteiger partial charge on any atom is 0.416 e. The third-order valence-electron chi connectivity index (χ3n) is 9.12. The van der Waals surface area contributed by atoms with Gasteiger partial charge in [0.2, 0.25) is 10.0 Å². The van der Waals surface area contributed by atoms with E-state index in [4.69, 9.17) is 11.5 Å². The lowest BCUT2D eigenvalue weighted by Crippen LogP contribution is -2.29. The Bertz CT molecular complexity index is 2820. The molecule has 1 saturated carbocycles. The number of nitrogens with zero attached hydrogens (tertiary/aromatic N) is 6. The molecule has 3 aromatic carbocycles. The van der Waals surface area contributed by atoms with Gasteiger partial charge in [0.05, 0.1) is 40.0 Å². The summed E-state index contributed by atoms with van der Waals surface area (Å²) < 4.78 is 122. The molecule has 13 nitrogen and oxygen atoms in total. The Morgan fingerprint density at radius 1 is 0.797 bits per heavy atom. The number of sulfone groups is 1. The molecule has 0 spiro atoms. The minimum atomic E-state index is -4.77. The van der Waals surface area contributed by atoms with Crippen LogP contribution in [-0.4, -0.2) is 53.6 Å². The van der Waals surface area contributed by atoms with Gasteiger partial charge in [-0.25, -0.2) is 50.3 Å². The Kier molecular flexibility index (Phi) is 12.0. The van der Waals surface area contributed by atoms with Crippen LogP contribution in [0.2, 0.25) is 0 Å². The number of nitrogens with one attached hydrogen (secondary N) is 1. The second-order valence-electron chi connectivity index (χ2n) is 13.0. The number of aromatic nitrogens is 5. The number of pyridine rings is 1. The van der Waals surface area contributed by atoms with Gasteiger partial charge in [-0.1, -0.05) is 31.5 Å². The van der Waals surface area contributed by atoms with Gasteiger partial charge in [0.1, 0.15) is 35.0 Å². The van der Waals surface area contributed by atoms with Crippen molar-refractivity contribution in [1.82, 2.24) is 29.6 Å². The SMILES string of the molecule is CCNS(=O)(=O)c1cc(C(F)(F)F)ccc1-c1ccc(-c2ncc(N)nc2C#N)c(F)c1.Nc1cnc(-c2ccc(-c3cccnc3S(=O)(=O)C3CCC3)cc2F)cn1. The van der Waals surface area contributed by atoms with Crippen molar-refractivity contribution in [2.24, 2.45) is 0 Å². The standard InChI is InChI=1S/C20H15F4N5O2S.C19H17FN4O2S/c1-2-28-32(30,31)17-8-12(20(22,23)24)4-6-13(17)11-3-5-14(15(21)7-11)19-16(9-25)29-18(26)10-27-19;20-16-9-12(6-7-15(16)17-10-24-18(21)11-23-17)14-5-2-8-22-19(14)27(25,26)13-3-1-4-13/h3-8,10,28H,2H2,1H3,(H2,26,29);2,5-11,13H,1,3-4H2,(H2,21,24). The van der Waals surface area contributed by atoms with Crippen molar-refractivity contribution in [3.8, 4) is 50.8 Å². The third-order valence-corrected chi connectivity index (χ3v) is 12.9. The largest absolute Gasteiger partial charge is 0.416 e.